The summed E-state index contributed by atoms with van der Waals surface area (Å²) in [4.78, 5) is 0. The minimum absolute atomic E-state index is 0.654. The molecule has 0 spiro atoms. The average molecular weight is 219 g/mol. The molecule has 0 saturated heterocycles. The van der Waals surface area contributed by atoms with Crippen molar-refractivity contribution in [1.82, 2.24) is 5.32 Å². The second-order valence-corrected chi connectivity index (χ2v) is 4.44. The van der Waals surface area contributed by atoms with Crippen LogP contribution in [-0.4, -0.2) is 12.6 Å². The van der Waals surface area contributed by atoms with Crippen molar-refractivity contribution < 1.29 is 0 Å². The number of hydrogen-bond acceptors (Lipinski definition) is 1. The third-order valence-electron chi connectivity index (χ3n) is 3.40. The Balaban J connectivity index is 2.50. The maximum atomic E-state index is 3.67. The lowest BCUT2D eigenvalue weighted by Gasteiger charge is -2.20. The molecule has 1 rings (SSSR count). The molecule has 16 heavy (non-hydrogen) atoms. The van der Waals surface area contributed by atoms with E-state index in [9.17, 15) is 0 Å². The molecular formula is C15H25N. The van der Waals surface area contributed by atoms with Gasteiger partial charge in [-0.15, -0.1) is 0 Å². The zero-order valence-corrected chi connectivity index (χ0v) is 10.9. The van der Waals surface area contributed by atoms with Crippen LogP contribution in [-0.2, 0) is 0 Å². The van der Waals surface area contributed by atoms with E-state index in [-0.39, 0.29) is 0 Å². The van der Waals surface area contributed by atoms with Gasteiger partial charge in [-0.05, 0) is 30.7 Å². The monoisotopic (exact) mass is 219 g/mol. The lowest BCUT2D eigenvalue weighted by Crippen LogP contribution is -2.31. The largest absolute Gasteiger partial charge is 0.313 e. The van der Waals surface area contributed by atoms with Gasteiger partial charge in [0.15, 0.2) is 0 Å². The van der Waals surface area contributed by atoms with Crippen molar-refractivity contribution in [2.75, 3.05) is 6.54 Å². The van der Waals surface area contributed by atoms with Crippen molar-refractivity contribution in [2.45, 2.75) is 52.0 Å². The first-order valence-corrected chi connectivity index (χ1v) is 6.60. The van der Waals surface area contributed by atoms with Crippen LogP contribution in [0.4, 0.5) is 0 Å². The molecule has 0 aliphatic carbocycles. The summed E-state index contributed by atoms with van der Waals surface area (Å²) >= 11 is 0. The highest BCUT2D eigenvalue weighted by molar-refractivity contribution is 5.19. The number of nitrogens with one attached hydrogen (secondary N) is 1. The Morgan fingerprint density at radius 2 is 1.56 bits per heavy atom. The zero-order valence-electron chi connectivity index (χ0n) is 10.9. The smallest absolute Gasteiger partial charge is 0.00620 e. The van der Waals surface area contributed by atoms with E-state index in [1.807, 2.05) is 0 Å². The van der Waals surface area contributed by atoms with Gasteiger partial charge in [0.1, 0.15) is 0 Å². The molecule has 0 radical (unpaired) electrons. The van der Waals surface area contributed by atoms with Crippen molar-refractivity contribution in [3.8, 4) is 0 Å². The summed E-state index contributed by atoms with van der Waals surface area (Å²) in [6.07, 6.45) is 3.65. The van der Waals surface area contributed by atoms with Crippen LogP contribution >= 0.6 is 0 Å². The molecule has 1 heteroatoms. The molecule has 0 fully saturated rings. The lowest BCUT2D eigenvalue weighted by atomic mass is 9.96. The first-order valence-electron chi connectivity index (χ1n) is 6.60. The van der Waals surface area contributed by atoms with Gasteiger partial charge in [-0.25, -0.2) is 0 Å². The van der Waals surface area contributed by atoms with Gasteiger partial charge in [0.25, 0.3) is 0 Å². The third kappa shape index (κ3) is 3.97. The normalized spacial score (nSPS) is 13.0. The molecule has 1 aromatic rings. The van der Waals surface area contributed by atoms with E-state index in [4.69, 9.17) is 0 Å². The third-order valence-corrected chi connectivity index (χ3v) is 3.40. The van der Waals surface area contributed by atoms with Crippen LogP contribution in [0, 0.1) is 0 Å². The van der Waals surface area contributed by atoms with Gasteiger partial charge in [-0.1, -0.05) is 51.1 Å². The van der Waals surface area contributed by atoms with Gasteiger partial charge in [-0.3, -0.25) is 0 Å². The highest BCUT2D eigenvalue weighted by atomic mass is 14.9. The Bertz CT molecular complexity index is 264. The van der Waals surface area contributed by atoms with Gasteiger partial charge < -0.3 is 5.32 Å². The zero-order chi connectivity index (χ0) is 11.8. The Hall–Kier alpha value is -0.820. The Labute approximate surface area is 100 Å². The molecular weight excluding hydrogens is 194 g/mol. The standard InChI is InChI=1S/C15H25N/c1-4-13(12-16-15(5-2)6-3)14-10-8-7-9-11-14/h7-11,13,15-16H,4-6,12H2,1-3H3. The van der Waals surface area contributed by atoms with Crippen LogP contribution in [0.15, 0.2) is 30.3 Å². The number of benzene rings is 1. The van der Waals surface area contributed by atoms with E-state index in [0.29, 0.717) is 12.0 Å². The van der Waals surface area contributed by atoms with E-state index in [2.05, 4.69) is 56.4 Å². The summed E-state index contributed by atoms with van der Waals surface area (Å²) in [5, 5.41) is 3.67. The van der Waals surface area contributed by atoms with E-state index >= 15 is 0 Å². The van der Waals surface area contributed by atoms with Gasteiger partial charge >= 0.3 is 0 Å². The minimum atomic E-state index is 0.654. The molecule has 0 aromatic heterocycles. The molecule has 0 saturated carbocycles. The van der Waals surface area contributed by atoms with Crippen molar-refractivity contribution in [3.05, 3.63) is 35.9 Å². The summed E-state index contributed by atoms with van der Waals surface area (Å²) in [6, 6.07) is 11.5. The molecule has 0 amide bonds. The number of rotatable bonds is 7. The molecule has 0 aliphatic rings. The number of hydrogen-bond donors (Lipinski definition) is 1. The molecule has 1 atom stereocenters. The van der Waals surface area contributed by atoms with E-state index in [0.717, 1.165) is 6.54 Å². The van der Waals surface area contributed by atoms with Crippen LogP contribution < -0.4 is 5.32 Å². The van der Waals surface area contributed by atoms with E-state index in [1.54, 1.807) is 0 Å². The van der Waals surface area contributed by atoms with E-state index in [1.165, 1.54) is 24.8 Å². The summed E-state index contributed by atoms with van der Waals surface area (Å²) in [7, 11) is 0. The summed E-state index contributed by atoms with van der Waals surface area (Å²) < 4.78 is 0. The fraction of sp³-hybridized carbons (Fsp3) is 0.600. The fourth-order valence-electron chi connectivity index (χ4n) is 2.11. The highest BCUT2D eigenvalue weighted by Crippen LogP contribution is 2.18. The minimum Gasteiger partial charge on any atom is -0.313 e. The first kappa shape index (κ1) is 13.2. The molecule has 1 N–H and O–H groups in total. The van der Waals surface area contributed by atoms with Crippen molar-refractivity contribution in [3.63, 3.8) is 0 Å². The maximum absolute atomic E-state index is 3.67. The average Bonchev–Trinajstić information content (AvgIpc) is 2.36. The molecule has 1 nitrogen and oxygen atoms in total. The molecule has 90 valence electrons. The topological polar surface area (TPSA) is 12.0 Å². The van der Waals surface area contributed by atoms with Crippen LogP contribution in [0.5, 0.6) is 0 Å². The second kappa shape index (κ2) is 7.45. The summed E-state index contributed by atoms with van der Waals surface area (Å²) in [6.45, 7) is 7.88. The molecule has 0 heterocycles. The quantitative estimate of drug-likeness (QED) is 0.732. The Morgan fingerprint density at radius 3 is 2.06 bits per heavy atom. The predicted octanol–water partition coefficient (Wildman–Crippen LogP) is 3.96. The van der Waals surface area contributed by atoms with Crippen molar-refractivity contribution in [1.29, 1.82) is 0 Å². The van der Waals surface area contributed by atoms with Crippen LogP contribution in [0.3, 0.4) is 0 Å². The van der Waals surface area contributed by atoms with E-state index < -0.39 is 0 Å². The Kier molecular flexibility index (Phi) is 6.17. The van der Waals surface area contributed by atoms with Gasteiger partial charge in [0.05, 0.1) is 0 Å². The first-order chi connectivity index (χ1) is 7.81. The summed E-state index contributed by atoms with van der Waals surface area (Å²) in [5.41, 5.74) is 1.46. The van der Waals surface area contributed by atoms with Crippen molar-refractivity contribution >= 4 is 0 Å². The maximum Gasteiger partial charge on any atom is 0.00620 e. The second-order valence-electron chi connectivity index (χ2n) is 4.44. The summed E-state index contributed by atoms with van der Waals surface area (Å²) in [5.74, 6) is 0.654. The van der Waals surface area contributed by atoms with Gasteiger partial charge in [0.2, 0.25) is 0 Å². The molecule has 0 aliphatic heterocycles. The van der Waals surface area contributed by atoms with Gasteiger partial charge in [0, 0.05) is 12.6 Å². The lowest BCUT2D eigenvalue weighted by molar-refractivity contribution is 0.453. The van der Waals surface area contributed by atoms with Crippen molar-refractivity contribution in [2.24, 2.45) is 0 Å². The van der Waals surface area contributed by atoms with Crippen LogP contribution in [0.2, 0.25) is 0 Å². The molecule has 1 unspecified atom stereocenters. The molecule has 1 aromatic carbocycles. The van der Waals surface area contributed by atoms with Gasteiger partial charge in [-0.2, -0.15) is 0 Å². The molecule has 0 bridgehead atoms. The van der Waals surface area contributed by atoms with Crippen LogP contribution in [0.25, 0.3) is 0 Å². The van der Waals surface area contributed by atoms with Crippen LogP contribution in [0.1, 0.15) is 51.5 Å². The Morgan fingerprint density at radius 1 is 0.938 bits per heavy atom. The highest BCUT2D eigenvalue weighted by Gasteiger charge is 2.10. The SMILES string of the molecule is CCC(CC)NCC(CC)c1ccccc1. The fourth-order valence-corrected chi connectivity index (χ4v) is 2.11. The predicted molar refractivity (Wildman–Crippen MR) is 71.8 cm³/mol.